The van der Waals surface area contributed by atoms with E-state index in [-0.39, 0.29) is 5.82 Å². The smallest absolute Gasteiger partial charge is 0.141 e. The summed E-state index contributed by atoms with van der Waals surface area (Å²) < 4.78 is 13.5. The van der Waals surface area contributed by atoms with E-state index in [2.05, 4.69) is 20.1 Å². The fourth-order valence-electron chi connectivity index (χ4n) is 3.17. The van der Waals surface area contributed by atoms with Crippen molar-refractivity contribution >= 4 is 5.82 Å². The van der Waals surface area contributed by atoms with Gasteiger partial charge in [0, 0.05) is 50.4 Å². The molecule has 5 heteroatoms. The van der Waals surface area contributed by atoms with Crippen LogP contribution in [0, 0.1) is 5.82 Å². The monoisotopic (exact) mass is 290 g/mol. The maximum Gasteiger partial charge on any atom is 0.141 e. The van der Waals surface area contributed by atoms with E-state index < -0.39 is 0 Å². The quantitative estimate of drug-likeness (QED) is 0.895. The molecule has 1 N–H and O–H groups in total. The number of hydrogen-bond acceptors (Lipinski definition) is 4. The van der Waals surface area contributed by atoms with Gasteiger partial charge in [0.1, 0.15) is 11.6 Å². The summed E-state index contributed by atoms with van der Waals surface area (Å²) in [6, 6.07) is 3.11. The van der Waals surface area contributed by atoms with Gasteiger partial charge in [-0.25, -0.2) is 9.37 Å². The van der Waals surface area contributed by atoms with Crippen LogP contribution in [0.1, 0.15) is 31.2 Å². The van der Waals surface area contributed by atoms with Gasteiger partial charge in [0.25, 0.3) is 0 Å². The lowest BCUT2D eigenvalue weighted by Gasteiger charge is -2.36. The first-order valence-corrected chi connectivity index (χ1v) is 8.16. The summed E-state index contributed by atoms with van der Waals surface area (Å²) in [4.78, 5) is 9.29. The summed E-state index contributed by atoms with van der Waals surface area (Å²) in [6.45, 7) is 4.96. The van der Waals surface area contributed by atoms with Gasteiger partial charge in [-0.2, -0.15) is 0 Å². The Morgan fingerprint density at radius 2 is 1.90 bits per heavy atom. The molecule has 3 aliphatic rings. The molecule has 1 saturated heterocycles. The predicted molar refractivity (Wildman–Crippen MR) is 80.9 cm³/mol. The van der Waals surface area contributed by atoms with Crippen LogP contribution in [0.4, 0.5) is 10.2 Å². The Hall–Kier alpha value is -1.20. The number of halogens is 1. The van der Waals surface area contributed by atoms with Gasteiger partial charge in [-0.15, -0.1) is 0 Å². The van der Waals surface area contributed by atoms with E-state index in [0.29, 0.717) is 6.04 Å². The highest BCUT2D eigenvalue weighted by atomic mass is 19.1. The van der Waals surface area contributed by atoms with Crippen LogP contribution in [-0.4, -0.2) is 48.1 Å². The largest absolute Gasteiger partial charge is 0.354 e. The molecule has 4 rings (SSSR count). The molecule has 21 heavy (non-hydrogen) atoms. The number of hydrogen-bond donors (Lipinski definition) is 1. The van der Waals surface area contributed by atoms with Crippen molar-refractivity contribution < 1.29 is 4.39 Å². The molecule has 1 aromatic heterocycles. The molecule has 0 amide bonds. The molecule has 1 aliphatic heterocycles. The van der Waals surface area contributed by atoms with Crippen molar-refractivity contribution in [3.63, 3.8) is 0 Å². The fraction of sp³-hybridized carbons (Fsp3) is 0.688. The standard InChI is InChI=1S/C16H23FN4/c17-13-9-12(10-18-14-1-2-14)16(19-11-13)21-7-5-20(6-8-21)15-3-4-15/h9,11,14-15,18H,1-8,10H2. The summed E-state index contributed by atoms with van der Waals surface area (Å²) in [6.07, 6.45) is 6.58. The first-order chi connectivity index (χ1) is 10.3. The van der Waals surface area contributed by atoms with Crippen molar-refractivity contribution in [1.29, 1.82) is 0 Å². The Morgan fingerprint density at radius 1 is 1.14 bits per heavy atom. The second-order valence-corrected chi connectivity index (χ2v) is 6.55. The lowest BCUT2D eigenvalue weighted by molar-refractivity contribution is 0.247. The molecule has 0 spiro atoms. The lowest BCUT2D eigenvalue weighted by Crippen LogP contribution is -2.47. The Bertz CT molecular complexity index is 505. The summed E-state index contributed by atoms with van der Waals surface area (Å²) in [5.74, 6) is 0.739. The zero-order valence-corrected chi connectivity index (χ0v) is 12.4. The highest BCUT2D eigenvalue weighted by Crippen LogP contribution is 2.29. The molecule has 0 unspecified atom stereocenters. The summed E-state index contributed by atoms with van der Waals surface area (Å²) in [7, 11) is 0. The number of anilines is 1. The minimum absolute atomic E-state index is 0.233. The van der Waals surface area contributed by atoms with Crippen LogP contribution < -0.4 is 10.2 Å². The van der Waals surface area contributed by atoms with Gasteiger partial charge in [-0.1, -0.05) is 0 Å². The molecule has 1 aromatic rings. The number of piperazine rings is 1. The van der Waals surface area contributed by atoms with Crippen LogP contribution >= 0.6 is 0 Å². The SMILES string of the molecule is Fc1cnc(N2CCN(C3CC3)CC2)c(CNC2CC2)c1. The van der Waals surface area contributed by atoms with Crippen LogP contribution in [0.25, 0.3) is 0 Å². The Balaban J connectivity index is 1.45. The Morgan fingerprint density at radius 3 is 2.57 bits per heavy atom. The number of pyridine rings is 1. The number of aromatic nitrogens is 1. The van der Waals surface area contributed by atoms with Gasteiger partial charge in [0.2, 0.25) is 0 Å². The van der Waals surface area contributed by atoms with Gasteiger partial charge in [0.05, 0.1) is 6.20 Å². The van der Waals surface area contributed by atoms with Crippen LogP contribution in [0.2, 0.25) is 0 Å². The van der Waals surface area contributed by atoms with E-state index in [1.165, 1.54) is 31.9 Å². The lowest BCUT2D eigenvalue weighted by atomic mass is 10.2. The third-order valence-corrected chi connectivity index (χ3v) is 4.75. The topological polar surface area (TPSA) is 31.4 Å². The van der Waals surface area contributed by atoms with Crippen molar-refractivity contribution in [1.82, 2.24) is 15.2 Å². The van der Waals surface area contributed by atoms with Crippen LogP contribution in [0.15, 0.2) is 12.3 Å². The predicted octanol–water partition coefficient (Wildman–Crippen LogP) is 1.76. The molecule has 2 saturated carbocycles. The normalized spacial score (nSPS) is 23.6. The molecule has 2 heterocycles. The summed E-state index contributed by atoms with van der Waals surface area (Å²) >= 11 is 0. The summed E-state index contributed by atoms with van der Waals surface area (Å²) in [5.41, 5.74) is 1.00. The molecule has 2 aliphatic carbocycles. The molecule has 0 bridgehead atoms. The van der Waals surface area contributed by atoms with E-state index in [0.717, 1.165) is 50.1 Å². The second-order valence-electron chi connectivity index (χ2n) is 6.55. The summed E-state index contributed by atoms with van der Waals surface area (Å²) in [5, 5.41) is 3.47. The molecular weight excluding hydrogens is 267 g/mol. The van der Waals surface area contributed by atoms with Crippen molar-refractivity contribution in [2.75, 3.05) is 31.1 Å². The van der Waals surface area contributed by atoms with Crippen LogP contribution in [0.5, 0.6) is 0 Å². The zero-order valence-electron chi connectivity index (χ0n) is 12.4. The van der Waals surface area contributed by atoms with Crippen molar-refractivity contribution in [3.05, 3.63) is 23.6 Å². The highest BCUT2D eigenvalue weighted by Gasteiger charge is 2.32. The maximum atomic E-state index is 13.5. The van der Waals surface area contributed by atoms with Gasteiger partial charge < -0.3 is 10.2 Å². The van der Waals surface area contributed by atoms with Gasteiger partial charge in [-0.3, -0.25) is 4.90 Å². The van der Waals surface area contributed by atoms with Crippen LogP contribution in [0.3, 0.4) is 0 Å². The average molecular weight is 290 g/mol. The van der Waals surface area contributed by atoms with E-state index in [1.807, 2.05) is 0 Å². The molecule has 0 atom stereocenters. The molecule has 0 aromatic carbocycles. The third-order valence-electron chi connectivity index (χ3n) is 4.75. The number of nitrogens with one attached hydrogen (secondary N) is 1. The highest BCUT2D eigenvalue weighted by molar-refractivity contribution is 5.47. The van der Waals surface area contributed by atoms with Gasteiger partial charge in [-0.05, 0) is 31.7 Å². The molecule has 114 valence electrons. The molecule has 0 radical (unpaired) electrons. The van der Waals surface area contributed by atoms with E-state index in [1.54, 1.807) is 6.07 Å². The van der Waals surface area contributed by atoms with Crippen molar-refractivity contribution in [2.45, 2.75) is 44.3 Å². The van der Waals surface area contributed by atoms with Crippen LogP contribution in [-0.2, 0) is 6.54 Å². The van der Waals surface area contributed by atoms with Crippen molar-refractivity contribution in [3.8, 4) is 0 Å². The number of nitrogens with zero attached hydrogens (tertiary/aromatic N) is 3. The van der Waals surface area contributed by atoms with E-state index >= 15 is 0 Å². The Kier molecular flexibility index (Phi) is 3.55. The van der Waals surface area contributed by atoms with Crippen molar-refractivity contribution in [2.24, 2.45) is 0 Å². The minimum atomic E-state index is -0.233. The second kappa shape index (κ2) is 5.54. The Labute approximate surface area is 125 Å². The molecular formula is C16H23FN4. The van der Waals surface area contributed by atoms with E-state index in [4.69, 9.17) is 0 Å². The van der Waals surface area contributed by atoms with Gasteiger partial charge in [0.15, 0.2) is 0 Å². The fourth-order valence-corrected chi connectivity index (χ4v) is 3.17. The maximum absolute atomic E-state index is 13.5. The van der Waals surface area contributed by atoms with E-state index in [9.17, 15) is 4.39 Å². The third kappa shape index (κ3) is 3.19. The first kappa shape index (κ1) is 13.5. The molecule has 4 nitrogen and oxygen atoms in total. The number of rotatable bonds is 5. The first-order valence-electron chi connectivity index (χ1n) is 8.16. The molecule has 3 fully saturated rings. The average Bonchev–Trinajstić information content (AvgIpc) is 3.39. The van der Waals surface area contributed by atoms with Gasteiger partial charge >= 0.3 is 0 Å². The zero-order chi connectivity index (χ0) is 14.2. The minimum Gasteiger partial charge on any atom is -0.354 e.